The van der Waals surface area contributed by atoms with Gasteiger partial charge in [0.05, 0.1) is 7.11 Å². The van der Waals surface area contributed by atoms with E-state index in [9.17, 15) is 0 Å². The van der Waals surface area contributed by atoms with Crippen LogP contribution in [-0.2, 0) is 0 Å². The first kappa shape index (κ1) is 21.4. The molecule has 8 nitrogen and oxygen atoms in total. The summed E-state index contributed by atoms with van der Waals surface area (Å²) in [5.74, 6) is 1.61. The van der Waals surface area contributed by atoms with Gasteiger partial charge >= 0.3 is 0 Å². The Balaban J connectivity index is 1.28. The molecule has 0 amide bonds. The molecule has 4 N–H and O–H groups in total. The minimum Gasteiger partial charge on any atom is -0.497 e. The summed E-state index contributed by atoms with van der Waals surface area (Å²) in [7, 11) is 1.70. The van der Waals surface area contributed by atoms with E-state index in [4.69, 9.17) is 21.2 Å². The van der Waals surface area contributed by atoms with Gasteiger partial charge < -0.3 is 26.0 Å². The molecule has 2 aromatic carbocycles. The van der Waals surface area contributed by atoms with Crippen molar-refractivity contribution in [3.05, 3.63) is 48.5 Å². The average Bonchev–Trinajstić information content (AvgIpc) is 2.85. The molecular weight excluding hydrogens is 414 g/mol. The predicted molar refractivity (Wildman–Crippen MR) is 135 cm³/mol. The van der Waals surface area contributed by atoms with E-state index in [1.807, 2.05) is 12.1 Å². The lowest BCUT2D eigenvalue weighted by atomic mass is 9.87. The lowest BCUT2D eigenvalue weighted by Crippen LogP contribution is -2.58. The number of benzene rings is 2. The number of nitrogens with two attached hydrogens (primary N) is 2. The summed E-state index contributed by atoms with van der Waals surface area (Å²) in [5, 5.41) is 0. The molecule has 1 saturated heterocycles. The van der Waals surface area contributed by atoms with Crippen molar-refractivity contribution in [2.45, 2.75) is 37.8 Å². The van der Waals surface area contributed by atoms with Crippen LogP contribution in [0.2, 0.25) is 0 Å². The molecule has 3 aliphatic rings. The van der Waals surface area contributed by atoms with Crippen LogP contribution in [-0.4, -0.2) is 50.9 Å². The number of anilines is 3. The number of hydrogen-bond acceptors (Lipinski definition) is 8. The van der Waals surface area contributed by atoms with E-state index in [0.29, 0.717) is 5.96 Å². The third-order valence-electron chi connectivity index (χ3n) is 7.04. The summed E-state index contributed by atoms with van der Waals surface area (Å²) < 4.78 is 5.27. The first-order chi connectivity index (χ1) is 16.1. The second kappa shape index (κ2) is 8.84. The SMILES string of the molecule is COc1ccc(N2CCN(c3ccc(N4C(N)=NC(N)=NC45CCCCC5)cc3)CC2)cc1. The molecule has 0 aromatic heterocycles. The Kier molecular flexibility index (Phi) is 5.74. The van der Waals surface area contributed by atoms with Gasteiger partial charge in [0.1, 0.15) is 11.4 Å². The molecule has 1 aliphatic carbocycles. The fraction of sp³-hybridized carbons (Fsp3) is 0.440. The number of guanidine groups is 2. The maximum atomic E-state index is 6.37. The number of hydrogen-bond donors (Lipinski definition) is 2. The van der Waals surface area contributed by atoms with Gasteiger partial charge in [-0.05, 0) is 74.2 Å². The highest BCUT2D eigenvalue weighted by Gasteiger charge is 2.42. The molecule has 0 atom stereocenters. The summed E-state index contributed by atoms with van der Waals surface area (Å²) in [6.07, 6.45) is 5.36. The molecule has 2 heterocycles. The minimum absolute atomic E-state index is 0.289. The lowest BCUT2D eigenvalue weighted by molar-refractivity contribution is 0.305. The van der Waals surface area contributed by atoms with Gasteiger partial charge in [0.15, 0.2) is 0 Å². The van der Waals surface area contributed by atoms with E-state index in [-0.39, 0.29) is 5.96 Å². The molecule has 33 heavy (non-hydrogen) atoms. The van der Waals surface area contributed by atoms with Crippen molar-refractivity contribution in [1.29, 1.82) is 0 Å². The van der Waals surface area contributed by atoms with Gasteiger partial charge in [-0.1, -0.05) is 6.42 Å². The zero-order valence-corrected chi connectivity index (χ0v) is 19.3. The number of aliphatic imine (C=N–C) groups is 2. The number of methoxy groups -OCH3 is 1. The van der Waals surface area contributed by atoms with Gasteiger partial charge in [-0.25, -0.2) is 4.99 Å². The Labute approximate surface area is 195 Å². The van der Waals surface area contributed by atoms with Crippen molar-refractivity contribution < 1.29 is 4.74 Å². The molecule has 0 bridgehead atoms. The third kappa shape index (κ3) is 4.17. The summed E-state index contributed by atoms with van der Waals surface area (Å²) in [4.78, 5) is 16.0. The van der Waals surface area contributed by atoms with Crippen LogP contribution in [0.15, 0.2) is 58.5 Å². The summed E-state index contributed by atoms with van der Waals surface area (Å²) in [6, 6.07) is 16.9. The molecule has 174 valence electrons. The normalized spacial score (nSPS) is 20.5. The summed E-state index contributed by atoms with van der Waals surface area (Å²) in [5.41, 5.74) is 15.4. The van der Waals surface area contributed by atoms with Gasteiger partial charge in [-0.2, -0.15) is 4.99 Å². The molecule has 0 radical (unpaired) electrons. The first-order valence-corrected chi connectivity index (χ1v) is 11.8. The minimum atomic E-state index is -0.403. The van der Waals surface area contributed by atoms with Crippen LogP contribution in [0.1, 0.15) is 32.1 Å². The van der Waals surface area contributed by atoms with Gasteiger partial charge in [-0.3, -0.25) is 4.90 Å². The van der Waals surface area contributed by atoms with E-state index in [0.717, 1.165) is 63.3 Å². The van der Waals surface area contributed by atoms with Gasteiger partial charge in [0.2, 0.25) is 11.9 Å². The Morgan fingerprint density at radius 3 is 1.82 bits per heavy atom. The second-order valence-electron chi connectivity index (χ2n) is 9.01. The molecular formula is C25H33N7O. The highest BCUT2D eigenvalue weighted by atomic mass is 16.5. The van der Waals surface area contributed by atoms with E-state index >= 15 is 0 Å². The smallest absolute Gasteiger partial charge is 0.220 e. The quantitative estimate of drug-likeness (QED) is 0.748. The molecule has 2 aliphatic heterocycles. The summed E-state index contributed by atoms with van der Waals surface area (Å²) >= 11 is 0. The van der Waals surface area contributed by atoms with Crippen molar-refractivity contribution in [2.24, 2.45) is 21.5 Å². The molecule has 2 aromatic rings. The first-order valence-electron chi connectivity index (χ1n) is 11.8. The van der Waals surface area contributed by atoms with E-state index in [1.54, 1.807) is 7.11 Å². The Morgan fingerprint density at radius 1 is 0.758 bits per heavy atom. The van der Waals surface area contributed by atoms with Crippen molar-refractivity contribution >= 4 is 29.0 Å². The van der Waals surface area contributed by atoms with Crippen molar-refractivity contribution in [3.8, 4) is 5.75 Å². The molecule has 8 heteroatoms. The van der Waals surface area contributed by atoms with Crippen molar-refractivity contribution in [1.82, 2.24) is 0 Å². The third-order valence-corrected chi connectivity index (χ3v) is 7.04. The zero-order valence-electron chi connectivity index (χ0n) is 19.3. The van der Waals surface area contributed by atoms with Gasteiger partial charge in [0.25, 0.3) is 0 Å². The second-order valence-corrected chi connectivity index (χ2v) is 9.01. The largest absolute Gasteiger partial charge is 0.497 e. The maximum Gasteiger partial charge on any atom is 0.220 e. The van der Waals surface area contributed by atoms with Crippen LogP contribution in [0.3, 0.4) is 0 Å². The zero-order chi connectivity index (χ0) is 22.8. The van der Waals surface area contributed by atoms with Crippen LogP contribution in [0.4, 0.5) is 17.1 Å². The molecule has 5 rings (SSSR count). The van der Waals surface area contributed by atoms with Gasteiger partial charge in [-0.15, -0.1) is 0 Å². The molecule has 0 unspecified atom stereocenters. The standard InChI is InChI=1S/C25H33N7O/c1-33-22-11-9-20(10-12-22)31-17-15-30(16-18-31)19-5-7-21(8-6-19)32-24(27)28-23(26)29-25(32)13-3-2-4-14-25/h5-12H,2-4,13-18H2,1H3,(H4,26,27,28,29). The number of piperazine rings is 1. The fourth-order valence-electron chi connectivity index (χ4n) is 5.32. The Hall–Kier alpha value is -3.42. The molecule has 1 saturated carbocycles. The van der Waals surface area contributed by atoms with Crippen LogP contribution >= 0.6 is 0 Å². The average molecular weight is 448 g/mol. The van der Waals surface area contributed by atoms with Crippen LogP contribution < -0.4 is 30.9 Å². The van der Waals surface area contributed by atoms with E-state index in [1.165, 1.54) is 17.8 Å². The fourth-order valence-corrected chi connectivity index (χ4v) is 5.32. The highest BCUT2D eigenvalue weighted by molar-refractivity contribution is 6.05. The van der Waals surface area contributed by atoms with Crippen LogP contribution in [0.25, 0.3) is 0 Å². The van der Waals surface area contributed by atoms with E-state index < -0.39 is 5.66 Å². The molecule has 1 spiro atoms. The number of ether oxygens (including phenoxy) is 1. The molecule has 2 fully saturated rings. The van der Waals surface area contributed by atoms with Gasteiger partial charge in [0, 0.05) is 43.2 Å². The highest BCUT2D eigenvalue weighted by Crippen LogP contribution is 2.39. The number of nitrogens with zero attached hydrogens (tertiary/aromatic N) is 5. The van der Waals surface area contributed by atoms with Crippen LogP contribution in [0.5, 0.6) is 5.75 Å². The predicted octanol–water partition coefficient (Wildman–Crippen LogP) is 3.13. The van der Waals surface area contributed by atoms with E-state index in [2.05, 4.69) is 56.1 Å². The van der Waals surface area contributed by atoms with Crippen LogP contribution in [0, 0.1) is 0 Å². The van der Waals surface area contributed by atoms with Crippen molar-refractivity contribution in [3.63, 3.8) is 0 Å². The lowest BCUT2D eigenvalue weighted by Gasteiger charge is -2.45. The summed E-state index contributed by atoms with van der Waals surface area (Å²) in [6.45, 7) is 3.92. The maximum absolute atomic E-state index is 6.37. The Bertz CT molecular complexity index is 1020. The number of rotatable bonds is 4. The topological polar surface area (TPSA) is 95.7 Å². The Morgan fingerprint density at radius 2 is 1.27 bits per heavy atom. The monoisotopic (exact) mass is 447 g/mol. The van der Waals surface area contributed by atoms with Crippen molar-refractivity contribution in [2.75, 3.05) is 48.0 Å².